The average molecular weight is 470 g/mol. The van der Waals surface area contributed by atoms with Crippen LogP contribution in [0.15, 0.2) is 41.2 Å². The molecule has 0 unspecified atom stereocenters. The maximum Gasteiger partial charge on any atom is 0.490 e. The van der Waals surface area contributed by atoms with Gasteiger partial charge in [0.1, 0.15) is 0 Å². The van der Waals surface area contributed by atoms with E-state index in [4.69, 9.17) is 9.90 Å². The monoisotopic (exact) mass is 469 g/mol. The Hall–Kier alpha value is -2.46. The van der Waals surface area contributed by atoms with Gasteiger partial charge in [0.2, 0.25) is 0 Å². The molecule has 2 aliphatic rings. The zero-order chi connectivity index (χ0) is 23.2. The Morgan fingerprint density at radius 1 is 1.06 bits per heavy atom. The van der Waals surface area contributed by atoms with Gasteiger partial charge in [0.15, 0.2) is 0 Å². The lowest BCUT2D eigenvalue weighted by atomic mass is 9.71. The molecule has 2 aromatic heterocycles. The predicted octanol–water partition coefficient (Wildman–Crippen LogP) is 4.29. The third-order valence-corrected chi connectivity index (χ3v) is 6.83. The van der Waals surface area contributed by atoms with Gasteiger partial charge in [-0.15, -0.1) is 0 Å². The van der Waals surface area contributed by atoms with E-state index in [0.29, 0.717) is 5.41 Å². The van der Waals surface area contributed by atoms with Gasteiger partial charge >= 0.3 is 12.1 Å². The Morgan fingerprint density at radius 3 is 2.19 bits per heavy atom. The largest absolute Gasteiger partial charge is 0.490 e. The summed E-state index contributed by atoms with van der Waals surface area (Å²) >= 11 is 1.60. The molecule has 0 atom stereocenters. The second-order valence-electron chi connectivity index (χ2n) is 8.20. The van der Waals surface area contributed by atoms with Gasteiger partial charge < -0.3 is 10.0 Å². The maximum absolute atomic E-state index is 12.5. The second kappa shape index (κ2) is 10.4. The number of amides is 1. The lowest BCUT2D eigenvalue weighted by Gasteiger charge is -2.46. The van der Waals surface area contributed by atoms with Crippen LogP contribution in [0.25, 0.3) is 0 Å². The van der Waals surface area contributed by atoms with Crippen LogP contribution in [0, 0.1) is 5.41 Å². The van der Waals surface area contributed by atoms with Crippen molar-refractivity contribution in [2.75, 3.05) is 26.2 Å². The van der Waals surface area contributed by atoms with Crippen molar-refractivity contribution in [2.45, 2.75) is 38.4 Å². The molecule has 0 bridgehead atoms. The summed E-state index contributed by atoms with van der Waals surface area (Å²) in [6.45, 7) is 5.08. The molecule has 0 radical (unpaired) electrons. The summed E-state index contributed by atoms with van der Waals surface area (Å²) in [5.74, 6) is -2.55. The van der Waals surface area contributed by atoms with Crippen LogP contribution in [0.2, 0.25) is 0 Å². The number of likely N-dealkylation sites (tertiary alicyclic amines) is 2. The van der Waals surface area contributed by atoms with Gasteiger partial charge in [0.25, 0.3) is 5.91 Å². The van der Waals surface area contributed by atoms with Crippen molar-refractivity contribution in [1.29, 1.82) is 0 Å². The molecule has 2 fully saturated rings. The number of hydrogen-bond donors (Lipinski definition) is 1. The Balaban J connectivity index is 0.000000360. The van der Waals surface area contributed by atoms with Gasteiger partial charge in [-0.2, -0.15) is 24.5 Å². The molecule has 174 valence electrons. The number of piperidine rings is 2. The highest BCUT2D eigenvalue weighted by molar-refractivity contribution is 7.08. The summed E-state index contributed by atoms with van der Waals surface area (Å²) in [6.07, 6.45) is 1.60. The van der Waals surface area contributed by atoms with Crippen molar-refractivity contribution in [1.82, 2.24) is 14.8 Å². The zero-order valence-electron chi connectivity index (χ0n) is 17.6. The average Bonchev–Trinajstić information content (AvgIpc) is 3.31. The van der Waals surface area contributed by atoms with E-state index in [1.807, 2.05) is 34.0 Å². The van der Waals surface area contributed by atoms with Crippen molar-refractivity contribution in [3.63, 3.8) is 0 Å². The van der Waals surface area contributed by atoms with Crippen LogP contribution in [0.3, 0.4) is 0 Å². The minimum absolute atomic E-state index is 0.212. The molecule has 1 N–H and O–H groups in total. The van der Waals surface area contributed by atoms with E-state index >= 15 is 0 Å². The van der Waals surface area contributed by atoms with Crippen LogP contribution in [-0.4, -0.2) is 64.1 Å². The van der Waals surface area contributed by atoms with E-state index in [1.165, 1.54) is 12.8 Å². The lowest BCUT2D eigenvalue weighted by Crippen LogP contribution is -2.48. The lowest BCUT2D eigenvalue weighted by molar-refractivity contribution is -0.192. The van der Waals surface area contributed by atoms with Crippen LogP contribution in [0.4, 0.5) is 13.2 Å². The van der Waals surface area contributed by atoms with Crippen molar-refractivity contribution in [3.05, 3.63) is 52.5 Å². The number of thiophene rings is 1. The van der Waals surface area contributed by atoms with Gasteiger partial charge in [-0.3, -0.25) is 14.7 Å². The molecular formula is C22H26F3N3O3S. The van der Waals surface area contributed by atoms with Crippen molar-refractivity contribution >= 4 is 23.2 Å². The fourth-order valence-electron chi connectivity index (χ4n) is 4.16. The number of aromatic nitrogens is 1. The highest BCUT2D eigenvalue weighted by atomic mass is 32.1. The highest BCUT2D eigenvalue weighted by Gasteiger charge is 2.39. The van der Waals surface area contributed by atoms with E-state index in [1.54, 1.807) is 11.3 Å². The van der Waals surface area contributed by atoms with E-state index < -0.39 is 12.1 Å². The summed E-state index contributed by atoms with van der Waals surface area (Å²) in [7, 11) is 0. The van der Waals surface area contributed by atoms with Crippen LogP contribution >= 0.6 is 11.3 Å². The van der Waals surface area contributed by atoms with Crippen LogP contribution < -0.4 is 0 Å². The first kappa shape index (κ1) is 24.2. The first-order valence-corrected chi connectivity index (χ1v) is 11.4. The number of carbonyl (C=O) groups excluding carboxylic acids is 1. The minimum Gasteiger partial charge on any atom is -0.475 e. The molecule has 0 aromatic carbocycles. The number of alkyl halides is 3. The van der Waals surface area contributed by atoms with Crippen molar-refractivity contribution < 1.29 is 27.9 Å². The smallest absolute Gasteiger partial charge is 0.475 e. The normalized spacial score (nSPS) is 18.7. The van der Waals surface area contributed by atoms with Crippen molar-refractivity contribution in [2.24, 2.45) is 5.41 Å². The molecule has 1 amide bonds. The molecule has 10 heteroatoms. The second-order valence-corrected chi connectivity index (χ2v) is 8.98. The number of nitrogens with zero attached hydrogens (tertiary/aromatic N) is 3. The molecule has 0 aliphatic carbocycles. The van der Waals surface area contributed by atoms with E-state index in [-0.39, 0.29) is 5.91 Å². The van der Waals surface area contributed by atoms with E-state index in [2.05, 4.69) is 22.0 Å². The first-order chi connectivity index (χ1) is 15.2. The summed E-state index contributed by atoms with van der Waals surface area (Å²) < 4.78 is 31.7. The number of carboxylic acid groups (broad SMARTS) is 1. The molecule has 1 spiro atoms. The van der Waals surface area contributed by atoms with Crippen molar-refractivity contribution in [3.8, 4) is 0 Å². The van der Waals surface area contributed by atoms with Crippen LogP contribution in [0.1, 0.15) is 41.7 Å². The summed E-state index contributed by atoms with van der Waals surface area (Å²) in [4.78, 5) is 30.4. The molecule has 2 aliphatic heterocycles. The molecule has 32 heavy (non-hydrogen) atoms. The van der Waals surface area contributed by atoms with Crippen LogP contribution in [0.5, 0.6) is 0 Å². The third-order valence-electron chi connectivity index (χ3n) is 6.15. The Labute approximate surface area is 188 Å². The standard InChI is InChI=1S/C20H25N3OS.C2HF3O2/c24-19(17-4-14-25-16-17)23-12-7-20(8-13-23)5-10-22(11-6-20)15-18-3-1-2-9-21-18;3-2(4,5)1(6)7/h1-4,9,14,16H,5-8,10-13,15H2;(H,6,7). The molecule has 2 aromatic rings. The number of pyridine rings is 1. The highest BCUT2D eigenvalue weighted by Crippen LogP contribution is 2.41. The van der Waals surface area contributed by atoms with E-state index in [0.717, 1.165) is 56.8 Å². The Bertz CT molecular complexity index is 873. The van der Waals surface area contributed by atoms with Gasteiger partial charge in [0, 0.05) is 31.2 Å². The molecular weight excluding hydrogens is 443 g/mol. The summed E-state index contributed by atoms with van der Waals surface area (Å²) in [5.41, 5.74) is 2.47. The number of carbonyl (C=O) groups is 2. The number of carboxylic acids is 1. The first-order valence-electron chi connectivity index (χ1n) is 10.4. The molecule has 6 nitrogen and oxygen atoms in total. The number of aliphatic carboxylic acids is 1. The number of hydrogen-bond acceptors (Lipinski definition) is 5. The van der Waals surface area contributed by atoms with Gasteiger partial charge in [-0.25, -0.2) is 4.79 Å². The van der Waals surface area contributed by atoms with Gasteiger partial charge in [0.05, 0.1) is 11.3 Å². The fourth-order valence-corrected chi connectivity index (χ4v) is 4.79. The zero-order valence-corrected chi connectivity index (χ0v) is 18.4. The maximum atomic E-state index is 12.5. The Morgan fingerprint density at radius 2 is 1.69 bits per heavy atom. The Kier molecular flexibility index (Phi) is 7.89. The summed E-state index contributed by atoms with van der Waals surface area (Å²) in [6, 6.07) is 8.08. The minimum atomic E-state index is -5.08. The quantitative estimate of drug-likeness (QED) is 0.726. The number of rotatable bonds is 3. The summed E-state index contributed by atoms with van der Waals surface area (Å²) in [5, 5.41) is 11.1. The molecule has 4 heterocycles. The van der Waals surface area contributed by atoms with Gasteiger partial charge in [-0.1, -0.05) is 6.07 Å². The van der Waals surface area contributed by atoms with Gasteiger partial charge in [-0.05, 0) is 67.8 Å². The number of halogens is 3. The fraction of sp³-hybridized carbons (Fsp3) is 0.500. The van der Waals surface area contributed by atoms with E-state index in [9.17, 15) is 18.0 Å². The SMILES string of the molecule is O=C(O)C(F)(F)F.O=C(c1ccsc1)N1CCC2(CCN(Cc3ccccn3)CC2)CC1. The molecule has 2 saturated heterocycles. The van der Waals surface area contributed by atoms with Crippen LogP contribution in [-0.2, 0) is 11.3 Å². The predicted molar refractivity (Wildman–Crippen MR) is 114 cm³/mol. The molecule has 0 saturated carbocycles. The topological polar surface area (TPSA) is 73.7 Å². The third kappa shape index (κ3) is 6.52. The molecule has 4 rings (SSSR count).